The van der Waals surface area contributed by atoms with Crippen molar-refractivity contribution in [3.05, 3.63) is 48.6 Å². The van der Waals surface area contributed by atoms with Crippen molar-refractivity contribution in [1.29, 1.82) is 0 Å². The first-order chi connectivity index (χ1) is 10.3. The quantitative estimate of drug-likeness (QED) is 0.760. The lowest BCUT2D eigenvalue weighted by Gasteiger charge is -2.25. The minimum Gasteiger partial charge on any atom is -0.444 e. The molecule has 2 atom stereocenters. The van der Waals surface area contributed by atoms with Crippen molar-refractivity contribution in [2.45, 2.75) is 45.1 Å². The summed E-state index contributed by atoms with van der Waals surface area (Å²) in [5.74, 6) is 0. The summed E-state index contributed by atoms with van der Waals surface area (Å²) >= 11 is 0. The third-order valence-corrected chi connectivity index (χ3v) is 2.76. The summed E-state index contributed by atoms with van der Waals surface area (Å²) in [6.07, 6.45) is -0.154. The zero-order valence-corrected chi connectivity index (χ0v) is 13.4. The van der Waals surface area contributed by atoms with Crippen LogP contribution in [0.25, 0.3) is 0 Å². The standard InChI is InChI=1S/C17H25NO4/c1-5-15(19)14(18-16(20)22-17(2,3)4)12-21-11-13-9-7-6-8-10-13/h5-10,14-15,19H,1,11-12H2,2-4H3,(H,18,20)/t14-,15-/m0/s1. The summed E-state index contributed by atoms with van der Waals surface area (Å²) in [6.45, 7) is 9.41. The number of carbonyl (C=O) groups is 1. The van der Waals surface area contributed by atoms with Gasteiger partial charge in [0.05, 0.1) is 25.4 Å². The number of rotatable bonds is 7. The third kappa shape index (κ3) is 7.24. The Morgan fingerprint density at radius 1 is 1.36 bits per heavy atom. The number of alkyl carbamates (subject to hydrolysis) is 1. The molecule has 2 N–H and O–H groups in total. The van der Waals surface area contributed by atoms with Gasteiger partial charge in [0.1, 0.15) is 5.60 Å². The highest BCUT2D eigenvalue weighted by Crippen LogP contribution is 2.08. The van der Waals surface area contributed by atoms with Gasteiger partial charge in [-0.05, 0) is 26.3 Å². The van der Waals surface area contributed by atoms with Gasteiger partial charge in [0.2, 0.25) is 0 Å². The van der Waals surface area contributed by atoms with Crippen molar-refractivity contribution in [1.82, 2.24) is 5.32 Å². The highest BCUT2D eigenvalue weighted by molar-refractivity contribution is 5.68. The third-order valence-electron chi connectivity index (χ3n) is 2.76. The minimum absolute atomic E-state index is 0.154. The summed E-state index contributed by atoms with van der Waals surface area (Å²) in [5, 5.41) is 12.5. The van der Waals surface area contributed by atoms with Crippen molar-refractivity contribution >= 4 is 6.09 Å². The van der Waals surface area contributed by atoms with E-state index < -0.39 is 23.8 Å². The second kappa shape index (κ2) is 8.56. The normalized spacial score (nSPS) is 14.0. The smallest absolute Gasteiger partial charge is 0.408 e. The molecule has 1 amide bonds. The zero-order chi connectivity index (χ0) is 16.6. The van der Waals surface area contributed by atoms with E-state index in [0.29, 0.717) is 6.61 Å². The van der Waals surface area contributed by atoms with E-state index in [-0.39, 0.29) is 6.61 Å². The molecule has 0 aliphatic heterocycles. The molecule has 1 rings (SSSR count). The molecule has 5 nitrogen and oxygen atoms in total. The van der Waals surface area contributed by atoms with E-state index in [0.717, 1.165) is 5.56 Å². The van der Waals surface area contributed by atoms with Crippen molar-refractivity contribution in [2.24, 2.45) is 0 Å². The number of aliphatic hydroxyl groups excluding tert-OH is 1. The predicted molar refractivity (Wildman–Crippen MR) is 85.5 cm³/mol. The maximum Gasteiger partial charge on any atom is 0.408 e. The molecule has 22 heavy (non-hydrogen) atoms. The SMILES string of the molecule is C=C[C@H](O)[C@H](COCc1ccccc1)NC(=O)OC(C)(C)C. The number of carbonyl (C=O) groups excluding carboxylic acids is 1. The molecule has 0 heterocycles. The first-order valence-corrected chi connectivity index (χ1v) is 7.23. The fourth-order valence-electron chi connectivity index (χ4n) is 1.73. The number of ether oxygens (including phenoxy) is 2. The molecule has 122 valence electrons. The maximum absolute atomic E-state index is 11.8. The van der Waals surface area contributed by atoms with E-state index in [9.17, 15) is 9.90 Å². The molecule has 5 heteroatoms. The summed E-state index contributed by atoms with van der Waals surface area (Å²) in [7, 11) is 0. The van der Waals surface area contributed by atoms with E-state index in [1.807, 2.05) is 30.3 Å². The average Bonchev–Trinajstić information content (AvgIpc) is 2.44. The minimum atomic E-state index is -0.914. The zero-order valence-electron chi connectivity index (χ0n) is 13.4. The lowest BCUT2D eigenvalue weighted by Crippen LogP contribution is -2.47. The molecule has 0 aromatic heterocycles. The summed E-state index contributed by atoms with van der Waals surface area (Å²) in [6, 6.07) is 9.05. The molecule has 0 radical (unpaired) electrons. The highest BCUT2D eigenvalue weighted by Gasteiger charge is 2.23. The average molecular weight is 307 g/mol. The Bertz CT molecular complexity index is 467. The monoisotopic (exact) mass is 307 g/mol. The van der Waals surface area contributed by atoms with E-state index in [4.69, 9.17) is 9.47 Å². The van der Waals surface area contributed by atoms with Crippen LogP contribution in [0, 0.1) is 0 Å². The Hall–Kier alpha value is -1.85. The lowest BCUT2D eigenvalue weighted by atomic mass is 10.1. The Labute approximate surface area is 131 Å². The van der Waals surface area contributed by atoms with Crippen molar-refractivity contribution < 1.29 is 19.4 Å². The van der Waals surface area contributed by atoms with Crippen LogP contribution in [0.3, 0.4) is 0 Å². The van der Waals surface area contributed by atoms with Gasteiger partial charge < -0.3 is 19.9 Å². The molecule has 0 aliphatic rings. The molecule has 0 bridgehead atoms. The van der Waals surface area contributed by atoms with Crippen LogP contribution in [-0.4, -0.2) is 35.6 Å². The highest BCUT2D eigenvalue weighted by atomic mass is 16.6. The molecular weight excluding hydrogens is 282 g/mol. The van der Waals surface area contributed by atoms with E-state index in [2.05, 4.69) is 11.9 Å². The van der Waals surface area contributed by atoms with Gasteiger partial charge in [0, 0.05) is 0 Å². The van der Waals surface area contributed by atoms with Crippen LogP contribution in [0.2, 0.25) is 0 Å². The fourth-order valence-corrected chi connectivity index (χ4v) is 1.73. The first-order valence-electron chi connectivity index (χ1n) is 7.23. The Kier molecular flexibility index (Phi) is 7.08. The van der Waals surface area contributed by atoms with E-state index >= 15 is 0 Å². The summed E-state index contributed by atoms with van der Waals surface area (Å²) in [5.41, 5.74) is 0.421. The van der Waals surface area contributed by atoms with Crippen LogP contribution in [0.15, 0.2) is 43.0 Å². The topological polar surface area (TPSA) is 67.8 Å². The molecule has 0 aliphatic carbocycles. The summed E-state index contributed by atoms with van der Waals surface area (Å²) in [4.78, 5) is 11.8. The second-order valence-electron chi connectivity index (χ2n) is 5.98. The molecule has 0 fully saturated rings. The van der Waals surface area contributed by atoms with Gasteiger partial charge in [-0.15, -0.1) is 6.58 Å². The molecule has 0 unspecified atom stereocenters. The largest absolute Gasteiger partial charge is 0.444 e. The van der Waals surface area contributed by atoms with Crippen molar-refractivity contribution in [3.8, 4) is 0 Å². The fraction of sp³-hybridized carbons (Fsp3) is 0.471. The number of hydrogen-bond acceptors (Lipinski definition) is 4. The van der Waals surface area contributed by atoms with Gasteiger partial charge in [-0.25, -0.2) is 4.79 Å². The molecule has 1 aromatic rings. The molecule has 1 aromatic carbocycles. The number of benzene rings is 1. The van der Waals surface area contributed by atoms with Crippen LogP contribution in [0.4, 0.5) is 4.79 Å². The first kappa shape index (κ1) is 18.2. The van der Waals surface area contributed by atoms with Crippen LogP contribution in [0.1, 0.15) is 26.3 Å². The van der Waals surface area contributed by atoms with E-state index in [1.165, 1.54) is 6.08 Å². The molecular formula is C17H25NO4. The van der Waals surface area contributed by atoms with Crippen molar-refractivity contribution in [3.63, 3.8) is 0 Å². The van der Waals surface area contributed by atoms with Crippen LogP contribution in [-0.2, 0) is 16.1 Å². The lowest BCUT2D eigenvalue weighted by molar-refractivity contribution is 0.0283. The van der Waals surface area contributed by atoms with Crippen LogP contribution >= 0.6 is 0 Å². The van der Waals surface area contributed by atoms with E-state index in [1.54, 1.807) is 20.8 Å². The molecule has 0 saturated carbocycles. The Morgan fingerprint density at radius 2 is 2.00 bits per heavy atom. The Morgan fingerprint density at radius 3 is 2.55 bits per heavy atom. The molecule has 0 saturated heterocycles. The maximum atomic E-state index is 11.8. The van der Waals surface area contributed by atoms with Gasteiger partial charge in [-0.3, -0.25) is 0 Å². The number of nitrogens with one attached hydrogen (secondary N) is 1. The predicted octanol–water partition coefficient (Wildman–Crippen LogP) is 2.64. The number of hydrogen-bond donors (Lipinski definition) is 2. The Balaban J connectivity index is 2.50. The van der Waals surface area contributed by atoms with Crippen LogP contribution < -0.4 is 5.32 Å². The number of aliphatic hydroxyl groups is 1. The van der Waals surface area contributed by atoms with Gasteiger partial charge in [-0.2, -0.15) is 0 Å². The van der Waals surface area contributed by atoms with Gasteiger partial charge in [0.25, 0.3) is 0 Å². The van der Waals surface area contributed by atoms with Gasteiger partial charge in [0.15, 0.2) is 0 Å². The number of amides is 1. The van der Waals surface area contributed by atoms with Gasteiger partial charge in [-0.1, -0.05) is 36.4 Å². The van der Waals surface area contributed by atoms with Gasteiger partial charge >= 0.3 is 6.09 Å². The second-order valence-corrected chi connectivity index (χ2v) is 5.98. The van der Waals surface area contributed by atoms with Crippen LogP contribution in [0.5, 0.6) is 0 Å². The summed E-state index contributed by atoms with van der Waals surface area (Å²) < 4.78 is 10.7. The van der Waals surface area contributed by atoms with Crippen molar-refractivity contribution in [2.75, 3.05) is 6.61 Å². The molecule has 0 spiro atoms.